The van der Waals surface area contributed by atoms with E-state index in [1.54, 1.807) is 17.3 Å². The lowest BCUT2D eigenvalue weighted by molar-refractivity contribution is -0.135. The first-order valence-corrected chi connectivity index (χ1v) is 10.9. The third kappa shape index (κ3) is 3.34. The molecule has 2 unspecified atom stereocenters. The van der Waals surface area contributed by atoms with Crippen LogP contribution < -0.4 is 4.74 Å². The standard InChI is InChI=1S/C24H27N3O3/c1-26-20-14-27(23(28)16-6-3-2-4-7-16)15-22(20)30-21-12-17(9-10-19(21)24(26)29)18-8-5-11-25-13-18/h5,8-13,16,20,22H,2-4,6-7,14-15H2,1H3. The predicted octanol–water partition coefficient (Wildman–Crippen LogP) is 3.37. The summed E-state index contributed by atoms with van der Waals surface area (Å²) in [5, 5.41) is 0. The second-order valence-electron chi connectivity index (χ2n) is 8.67. The Balaban J connectivity index is 1.41. The van der Waals surface area contributed by atoms with E-state index in [2.05, 4.69) is 4.98 Å². The van der Waals surface area contributed by atoms with Gasteiger partial charge in [-0.15, -0.1) is 0 Å². The van der Waals surface area contributed by atoms with E-state index in [4.69, 9.17) is 4.74 Å². The molecule has 1 aromatic heterocycles. The zero-order valence-corrected chi connectivity index (χ0v) is 17.3. The first-order chi connectivity index (χ1) is 14.6. The summed E-state index contributed by atoms with van der Waals surface area (Å²) in [6.45, 7) is 1.08. The number of amides is 2. The van der Waals surface area contributed by atoms with E-state index >= 15 is 0 Å². The fraction of sp³-hybridized carbons (Fsp3) is 0.458. The summed E-state index contributed by atoms with van der Waals surface area (Å²) in [7, 11) is 1.82. The summed E-state index contributed by atoms with van der Waals surface area (Å²) >= 11 is 0. The highest BCUT2D eigenvalue weighted by atomic mass is 16.5. The zero-order valence-electron chi connectivity index (χ0n) is 17.3. The molecule has 0 spiro atoms. The largest absolute Gasteiger partial charge is 0.485 e. The number of carbonyl (C=O) groups excluding carboxylic acids is 2. The van der Waals surface area contributed by atoms with E-state index in [9.17, 15) is 9.59 Å². The van der Waals surface area contributed by atoms with Gasteiger partial charge in [0, 0.05) is 37.5 Å². The highest BCUT2D eigenvalue weighted by Gasteiger charge is 2.44. The molecule has 3 aliphatic rings. The number of likely N-dealkylation sites (N-methyl/N-ethyl adjacent to an activating group) is 1. The van der Waals surface area contributed by atoms with Crippen molar-refractivity contribution in [2.45, 2.75) is 44.2 Å². The lowest BCUT2D eigenvalue weighted by Gasteiger charge is -2.27. The zero-order chi connectivity index (χ0) is 20.7. The van der Waals surface area contributed by atoms with Crippen LogP contribution in [0.1, 0.15) is 42.5 Å². The molecule has 0 N–H and O–H groups in total. The molecular weight excluding hydrogens is 378 g/mol. The summed E-state index contributed by atoms with van der Waals surface area (Å²) in [5.74, 6) is 0.901. The van der Waals surface area contributed by atoms with Gasteiger partial charge in [-0.2, -0.15) is 0 Å². The summed E-state index contributed by atoms with van der Waals surface area (Å²) in [4.78, 5) is 34.1. The predicted molar refractivity (Wildman–Crippen MR) is 113 cm³/mol. The molecule has 2 fully saturated rings. The fourth-order valence-electron chi connectivity index (χ4n) is 5.05. The van der Waals surface area contributed by atoms with Gasteiger partial charge in [0.05, 0.1) is 18.2 Å². The van der Waals surface area contributed by atoms with E-state index < -0.39 is 0 Å². The van der Waals surface area contributed by atoms with Gasteiger partial charge in [-0.05, 0) is 36.6 Å². The molecule has 3 heterocycles. The van der Waals surface area contributed by atoms with Crippen molar-refractivity contribution in [1.82, 2.24) is 14.8 Å². The number of ether oxygens (including phenoxy) is 1. The molecule has 1 saturated heterocycles. The van der Waals surface area contributed by atoms with Gasteiger partial charge in [-0.3, -0.25) is 14.6 Å². The Morgan fingerprint density at radius 3 is 2.70 bits per heavy atom. The number of nitrogens with zero attached hydrogens (tertiary/aromatic N) is 3. The van der Waals surface area contributed by atoms with E-state index in [1.165, 1.54) is 6.42 Å². The summed E-state index contributed by atoms with van der Waals surface area (Å²) in [6, 6.07) is 9.45. The lowest BCUT2D eigenvalue weighted by Crippen LogP contribution is -2.44. The molecular formula is C24H27N3O3. The van der Waals surface area contributed by atoms with Crippen LogP contribution in [0, 0.1) is 5.92 Å². The molecule has 6 heteroatoms. The molecule has 5 rings (SSSR count). The second-order valence-corrected chi connectivity index (χ2v) is 8.67. The van der Waals surface area contributed by atoms with Gasteiger partial charge in [0.15, 0.2) is 0 Å². The monoisotopic (exact) mass is 405 g/mol. The van der Waals surface area contributed by atoms with Gasteiger partial charge in [0.25, 0.3) is 5.91 Å². The Morgan fingerprint density at radius 2 is 1.93 bits per heavy atom. The van der Waals surface area contributed by atoms with E-state index in [1.807, 2.05) is 42.3 Å². The van der Waals surface area contributed by atoms with Gasteiger partial charge < -0.3 is 14.5 Å². The molecule has 1 aromatic carbocycles. The highest BCUT2D eigenvalue weighted by Crippen LogP contribution is 2.35. The first kappa shape index (κ1) is 19.1. The maximum absolute atomic E-state index is 13.1. The molecule has 1 aliphatic carbocycles. The van der Waals surface area contributed by atoms with Crippen molar-refractivity contribution in [3.63, 3.8) is 0 Å². The first-order valence-electron chi connectivity index (χ1n) is 10.9. The molecule has 6 nitrogen and oxygen atoms in total. The molecule has 156 valence electrons. The van der Waals surface area contributed by atoms with Crippen molar-refractivity contribution in [3.8, 4) is 16.9 Å². The van der Waals surface area contributed by atoms with Crippen molar-refractivity contribution in [1.29, 1.82) is 0 Å². The van der Waals surface area contributed by atoms with Crippen LogP contribution in [0.2, 0.25) is 0 Å². The van der Waals surface area contributed by atoms with Crippen molar-refractivity contribution in [2.75, 3.05) is 20.1 Å². The Labute approximate surface area is 176 Å². The normalized spacial score (nSPS) is 24.1. The maximum atomic E-state index is 13.1. The van der Waals surface area contributed by atoms with E-state index in [-0.39, 0.29) is 29.9 Å². The number of benzene rings is 1. The van der Waals surface area contributed by atoms with Crippen molar-refractivity contribution in [2.24, 2.45) is 5.92 Å². The van der Waals surface area contributed by atoms with Crippen LogP contribution in [0.4, 0.5) is 0 Å². The van der Waals surface area contributed by atoms with Crippen LogP contribution in [0.3, 0.4) is 0 Å². The Bertz CT molecular complexity index is 955. The third-order valence-electron chi connectivity index (χ3n) is 6.81. The molecule has 2 amide bonds. The quantitative estimate of drug-likeness (QED) is 0.769. The van der Waals surface area contributed by atoms with E-state index in [0.717, 1.165) is 36.8 Å². The molecule has 0 radical (unpaired) electrons. The summed E-state index contributed by atoms with van der Waals surface area (Å²) < 4.78 is 6.37. The van der Waals surface area contributed by atoms with Gasteiger partial charge in [0.2, 0.25) is 5.91 Å². The third-order valence-corrected chi connectivity index (χ3v) is 6.81. The molecule has 2 atom stereocenters. The highest BCUT2D eigenvalue weighted by molar-refractivity contribution is 5.98. The number of pyridine rings is 1. The van der Waals surface area contributed by atoms with Crippen molar-refractivity contribution >= 4 is 11.8 Å². The van der Waals surface area contributed by atoms with Crippen molar-refractivity contribution in [3.05, 3.63) is 48.3 Å². The number of aromatic nitrogens is 1. The minimum absolute atomic E-state index is 0.0535. The van der Waals surface area contributed by atoms with Crippen LogP contribution in [0.25, 0.3) is 11.1 Å². The number of likely N-dealkylation sites (tertiary alicyclic amines) is 1. The summed E-state index contributed by atoms with van der Waals surface area (Å²) in [6.07, 6.45) is 8.79. The number of hydrogen-bond donors (Lipinski definition) is 0. The minimum Gasteiger partial charge on any atom is -0.485 e. The lowest BCUT2D eigenvalue weighted by atomic mass is 9.88. The Kier molecular flexibility index (Phi) is 4.93. The van der Waals surface area contributed by atoms with Crippen molar-refractivity contribution < 1.29 is 14.3 Å². The number of fused-ring (bicyclic) bond motifs is 2. The van der Waals surface area contributed by atoms with Gasteiger partial charge >= 0.3 is 0 Å². The summed E-state index contributed by atoms with van der Waals surface area (Å²) in [5.41, 5.74) is 2.51. The van der Waals surface area contributed by atoms with Gasteiger partial charge in [-0.1, -0.05) is 31.4 Å². The SMILES string of the molecule is CN1C(=O)c2ccc(-c3cccnc3)cc2OC2CN(C(=O)C3CCCCC3)CC21. The van der Waals surface area contributed by atoms with Crippen LogP contribution in [0.15, 0.2) is 42.7 Å². The average Bonchev–Trinajstić information content (AvgIpc) is 3.18. The smallest absolute Gasteiger partial charge is 0.257 e. The average molecular weight is 405 g/mol. The molecule has 30 heavy (non-hydrogen) atoms. The molecule has 2 aromatic rings. The molecule has 0 bridgehead atoms. The second kappa shape index (κ2) is 7.74. The van der Waals surface area contributed by atoms with Crippen LogP contribution >= 0.6 is 0 Å². The fourth-order valence-corrected chi connectivity index (χ4v) is 5.05. The Morgan fingerprint density at radius 1 is 1.10 bits per heavy atom. The maximum Gasteiger partial charge on any atom is 0.257 e. The van der Waals surface area contributed by atoms with E-state index in [0.29, 0.717) is 24.4 Å². The molecule has 2 aliphatic heterocycles. The topological polar surface area (TPSA) is 62.7 Å². The van der Waals surface area contributed by atoms with Gasteiger partial charge in [-0.25, -0.2) is 0 Å². The number of hydrogen-bond acceptors (Lipinski definition) is 4. The Hall–Kier alpha value is -2.89. The van der Waals surface area contributed by atoms with Crippen LogP contribution in [-0.4, -0.2) is 58.9 Å². The minimum atomic E-state index is -0.211. The molecule has 1 saturated carbocycles. The van der Waals surface area contributed by atoms with Gasteiger partial charge in [0.1, 0.15) is 11.9 Å². The number of rotatable bonds is 2. The van der Waals surface area contributed by atoms with Crippen LogP contribution in [-0.2, 0) is 4.79 Å². The number of carbonyl (C=O) groups is 2. The van der Waals surface area contributed by atoms with Crippen LogP contribution in [0.5, 0.6) is 5.75 Å².